The number of nitrogens with zero attached hydrogens (tertiary/aromatic N) is 1. The van der Waals surface area contributed by atoms with Crippen molar-refractivity contribution in [1.82, 2.24) is 4.98 Å². The van der Waals surface area contributed by atoms with E-state index < -0.39 is 11.9 Å². The first-order valence-electron chi connectivity index (χ1n) is 11.0. The molecule has 27 heavy (non-hydrogen) atoms. The molecule has 1 heterocycles. The molecule has 4 heteroatoms. The Hall–Kier alpha value is -1.06. The molecule has 0 aliphatic heterocycles. The molecule has 2 saturated carbocycles. The lowest BCUT2D eigenvalue weighted by Crippen LogP contribution is -2.25. The van der Waals surface area contributed by atoms with Gasteiger partial charge in [-0.25, -0.2) is 0 Å². The molecule has 1 aromatic rings. The van der Waals surface area contributed by atoms with Crippen LogP contribution in [0.5, 0.6) is 0 Å². The summed E-state index contributed by atoms with van der Waals surface area (Å²) in [5.74, 6) is 3.07. The van der Waals surface area contributed by atoms with E-state index in [4.69, 9.17) is 0 Å². The van der Waals surface area contributed by atoms with E-state index in [1.54, 1.807) is 6.07 Å². The minimum atomic E-state index is -4.34. The van der Waals surface area contributed by atoms with Crippen LogP contribution in [0, 0.1) is 17.8 Å². The second kappa shape index (κ2) is 9.43. The van der Waals surface area contributed by atoms with E-state index in [2.05, 4.69) is 11.9 Å². The van der Waals surface area contributed by atoms with Gasteiger partial charge in [0, 0.05) is 6.20 Å². The smallest absolute Gasteiger partial charge is 0.251 e. The molecule has 1 aromatic heterocycles. The van der Waals surface area contributed by atoms with Crippen LogP contribution in [-0.2, 0) is 6.18 Å². The lowest BCUT2D eigenvalue weighted by atomic mass is 9.68. The van der Waals surface area contributed by atoms with Gasteiger partial charge in [0.25, 0.3) is 0 Å². The summed E-state index contributed by atoms with van der Waals surface area (Å²) in [5.41, 5.74) is 0.205. The summed E-state index contributed by atoms with van der Waals surface area (Å²) in [6.07, 6.45) is 12.9. The van der Waals surface area contributed by atoms with Crippen LogP contribution < -0.4 is 0 Å². The molecule has 0 unspecified atom stereocenters. The molecule has 152 valence electrons. The lowest BCUT2D eigenvalue weighted by molar-refractivity contribution is -0.141. The highest BCUT2D eigenvalue weighted by atomic mass is 19.4. The van der Waals surface area contributed by atoms with Crippen LogP contribution in [0.25, 0.3) is 0 Å². The highest BCUT2D eigenvalue weighted by Gasteiger charge is 2.33. The third kappa shape index (κ3) is 5.71. The van der Waals surface area contributed by atoms with Crippen molar-refractivity contribution in [1.29, 1.82) is 0 Å². The number of pyridine rings is 1. The Bertz CT molecular complexity index is 550. The maximum atomic E-state index is 12.7. The van der Waals surface area contributed by atoms with Crippen molar-refractivity contribution in [3.05, 3.63) is 29.6 Å². The second-order valence-corrected chi connectivity index (χ2v) is 8.86. The van der Waals surface area contributed by atoms with Gasteiger partial charge in [0.1, 0.15) is 5.69 Å². The molecule has 0 N–H and O–H groups in total. The first kappa shape index (κ1) is 20.7. The van der Waals surface area contributed by atoms with E-state index in [1.807, 2.05) is 0 Å². The van der Waals surface area contributed by atoms with Crippen molar-refractivity contribution in [2.24, 2.45) is 17.8 Å². The summed E-state index contributed by atoms with van der Waals surface area (Å²) in [4.78, 5) is 3.65. The Morgan fingerprint density at radius 1 is 0.889 bits per heavy atom. The number of alkyl halides is 3. The topological polar surface area (TPSA) is 12.9 Å². The molecule has 0 spiro atoms. The number of hydrogen-bond acceptors (Lipinski definition) is 1. The van der Waals surface area contributed by atoms with Gasteiger partial charge in [-0.1, -0.05) is 51.5 Å². The lowest BCUT2D eigenvalue weighted by Gasteiger charge is -2.38. The van der Waals surface area contributed by atoms with E-state index in [1.165, 1.54) is 70.4 Å². The van der Waals surface area contributed by atoms with Gasteiger partial charge in [-0.2, -0.15) is 13.2 Å². The molecule has 2 aliphatic carbocycles. The van der Waals surface area contributed by atoms with Gasteiger partial charge in [-0.05, 0) is 73.8 Å². The average molecular weight is 382 g/mol. The highest BCUT2D eigenvalue weighted by molar-refractivity contribution is 5.20. The predicted octanol–water partition coefficient (Wildman–Crippen LogP) is 7.76. The number of halogens is 3. The largest absolute Gasteiger partial charge is 0.433 e. The Labute approximate surface area is 162 Å². The van der Waals surface area contributed by atoms with Gasteiger partial charge in [-0.3, -0.25) is 4.98 Å². The Kier molecular flexibility index (Phi) is 7.22. The SMILES string of the molecule is CCCCCC1CCC(C2CCC(c3ccc(C(F)(F)F)nc3)CC2)CC1. The summed E-state index contributed by atoms with van der Waals surface area (Å²) in [5, 5.41) is 0. The van der Waals surface area contributed by atoms with Crippen molar-refractivity contribution < 1.29 is 13.2 Å². The average Bonchev–Trinajstić information content (AvgIpc) is 2.68. The zero-order valence-electron chi connectivity index (χ0n) is 16.6. The van der Waals surface area contributed by atoms with Crippen LogP contribution in [0.15, 0.2) is 18.3 Å². The molecule has 0 saturated heterocycles. The number of aromatic nitrogens is 1. The molecule has 2 aliphatic rings. The molecule has 0 amide bonds. The monoisotopic (exact) mass is 381 g/mol. The minimum absolute atomic E-state index is 0.390. The molecular weight excluding hydrogens is 347 g/mol. The molecule has 0 aromatic carbocycles. The van der Waals surface area contributed by atoms with Gasteiger partial charge in [0.2, 0.25) is 0 Å². The second-order valence-electron chi connectivity index (χ2n) is 8.86. The first-order valence-corrected chi connectivity index (χ1v) is 11.0. The first-order chi connectivity index (χ1) is 13.0. The maximum Gasteiger partial charge on any atom is 0.433 e. The Morgan fingerprint density at radius 3 is 2.04 bits per heavy atom. The number of hydrogen-bond donors (Lipinski definition) is 0. The van der Waals surface area contributed by atoms with Crippen LogP contribution in [0.1, 0.15) is 101 Å². The normalized spacial score (nSPS) is 29.6. The molecule has 0 radical (unpaired) electrons. The van der Waals surface area contributed by atoms with Gasteiger partial charge >= 0.3 is 6.18 Å². The fourth-order valence-corrected chi connectivity index (χ4v) is 5.37. The fourth-order valence-electron chi connectivity index (χ4n) is 5.37. The maximum absolute atomic E-state index is 12.7. The van der Waals surface area contributed by atoms with Crippen molar-refractivity contribution in [3.63, 3.8) is 0 Å². The van der Waals surface area contributed by atoms with Gasteiger partial charge in [0.05, 0.1) is 0 Å². The zero-order chi connectivity index (χ0) is 19.3. The molecule has 0 bridgehead atoms. The molecular formula is C23H34F3N. The van der Waals surface area contributed by atoms with E-state index in [-0.39, 0.29) is 0 Å². The standard InChI is InChI=1S/C23H34F3N/c1-2-3-4-5-17-6-8-18(9-7-17)19-10-12-20(13-11-19)21-14-15-22(27-16-21)23(24,25)26/h14-20H,2-13H2,1H3. The third-order valence-electron chi connectivity index (χ3n) is 7.09. The molecule has 2 fully saturated rings. The van der Waals surface area contributed by atoms with Crippen molar-refractivity contribution in [2.75, 3.05) is 0 Å². The van der Waals surface area contributed by atoms with Crippen molar-refractivity contribution in [3.8, 4) is 0 Å². The molecule has 3 rings (SSSR count). The van der Waals surface area contributed by atoms with Crippen molar-refractivity contribution in [2.45, 2.75) is 96.1 Å². The van der Waals surface area contributed by atoms with Gasteiger partial charge in [-0.15, -0.1) is 0 Å². The summed E-state index contributed by atoms with van der Waals surface area (Å²) in [6, 6.07) is 2.78. The summed E-state index contributed by atoms with van der Waals surface area (Å²) in [7, 11) is 0. The minimum Gasteiger partial charge on any atom is -0.251 e. The summed E-state index contributed by atoms with van der Waals surface area (Å²) in [6.45, 7) is 2.27. The van der Waals surface area contributed by atoms with E-state index in [9.17, 15) is 13.2 Å². The van der Waals surface area contributed by atoms with Crippen LogP contribution in [0.3, 0.4) is 0 Å². The fraction of sp³-hybridized carbons (Fsp3) is 0.783. The molecule has 1 nitrogen and oxygen atoms in total. The number of rotatable bonds is 6. The van der Waals surface area contributed by atoms with Crippen LogP contribution in [-0.4, -0.2) is 4.98 Å². The third-order valence-corrected chi connectivity index (χ3v) is 7.09. The Balaban J connectivity index is 1.43. The van der Waals surface area contributed by atoms with Gasteiger partial charge in [0.15, 0.2) is 0 Å². The van der Waals surface area contributed by atoms with E-state index >= 15 is 0 Å². The molecule has 0 atom stereocenters. The van der Waals surface area contributed by atoms with Crippen molar-refractivity contribution >= 4 is 0 Å². The van der Waals surface area contributed by atoms with Crippen LogP contribution in [0.2, 0.25) is 0 Å². The summed E-state index contributed by atoms with van der Waals surface area (Å²) >= 11 is 0. The van der Waals surface area contributed by atoms with Crippen LogP contribution in [0.4, 0.5) is 13.2 Å². The van der Waals surface area contributed by atoms with Gasteiger partial charge < -0.3 is 0 Å². The van der Waals surface area contributed by atoms with Crippen LogP contribution >= 0.6 is 0 Å². The van der Waals surface area contributed by atoms with E-state index in [0.29, 0.717) is 5.92 Å². The Morgan fingerprint density at radius 2 is 1.52 bits per heavy atom. The number of unbranched alkanes of at least 4 members (excludes halogenated alkanes) is 2. The van der Waals surface area contributed by atoms with E-state index in [0.717, 1.165) is 42.2 Å². The highest BCUT2D eigenvalue weighted by Crippen LogP contribution is 2.44. The summed E-state index contributed by atoms with van der Waals surface area (Å²) < 4.78 is 38.0. The quantitative estimate of drug-likeness (QED) is 0.459. The zero-order valence-corrected chi connectivity index (χ0v) is 16.6. The predicted molar refractivity (Wildman–Crippen MR) is 104 cm³/mol.